The van der Waals surface area contributed by atoms with Gasteiger partial charge in [-0.3, -0.25) is 9.80 Å². The Kier molecular flexibility index (Phi) is 5.18. The Morgan fingerprint density at radius 2 is 1.08 bits per heavy atom. The minimum Gasteiger partial charge on any atom is -0.459 e. The van der Waals surface area contributed by atoms with Crippen molar-refractivity contribution >= 4 is 11.9 Å². The highest BCUT2D eigenvalue weighted by molar-refractivity contribution is 5.85. The van der Waals surface area contributed by atoms with Gasteiger partial charge in [-0.15, -0.1) is 0 Å². The molecule has 0 aromatic heterocycles. The molecule has 2 N–H and O–H groups in total. The summed E-state index contributed by atoms with van der Waals surface area (Å²) >= 11 is 0. The first-order valence-corrected chi connectivity index (χ1v) is 9.73. The third-order valence-corrected chi connectivity index (χ3v) is 6.51. The van der Waals surface area contributed by atoms with Crippen LogP contribution in [0.2, 0.25) is 0 Å². The molecule has 0 aliphatic carbocycles. The lowest BCUT2D eigenvalue weighted by Gasteiger charge is -2.44. The average molecular weight is 368 g/mol. The van der Waals surface area contributed by atoms with Crippen LogP contribution in [0, 0.1) is 11.8 Å². The maximum atomic E-state index is 12.2. The van der Waals surface area contributed by atoms with Crippen molar-refractivity contribution in [2.45, 2.75) is 50.1 Å². The van der Waals surface area contributed by atoms with E-state index in [9.17, 15) is 19.8 Å². The van der Waals surface area contributed by atoms with E-state index in [0.29, 0.717) is 24.9 Å². The van der Waals surface area contributed by atoms with Gasteiger partial charge in [-0.05, 0) is 63.7 Å². The van der Waals surface area contributed by atoms with Gasteiger partial charge in [0.2, 0.25) is 0 Å². The van der Waals surface area contributed by atoms with Gasteiger partial charge in [0, 0.05) is 13.1 Å². The van der Waals surface area contributed by atoms with Crippen molar-refractivity contribution in [2.75, 3.05) is 39.3 Å². The van der Waals surface area contributed by atoms with Crippen LogP contribution in [-0.4, -0.2) is 95.6 Å². The summed E-state index contributed by atoms with van der Waals surface area (Å²) < 4.78 is 10.8. The summed E-state index contributed by atoms with van der Waals surface area (Å²) in [4.78, 5) is 28.8. The third-order valence-electron chi connectivity index (χ3n) is 6.51. The molecule has 0 amide bonds. The van der Waals surface area contributed by atoms with Gasteiger partial charge in [0.15, 0.2) is 12.2 Å². The molecular weight excluding hydrogens is 340 g/mol. The predicted octanol–water partition coefficient (Wildman–Crippen LogP) is -1.02. The smallest absolute Gasteiger partial charge is 0.338 e. The maximum Gasteiger partial charge on any atom is 0.338 e. The van der Waals surface area contributed by atoms with Crippen molar-refractivity contribution in [1.82, 2.24) is 9.80 Å². The van der Waals surface area contributed by atoms with Crippen LogP contribution in [0.4, 0.5) is 0 Å². The molecule has 0 spiro atoms. The van der Waals surface area contributed by atoms with Gasteiger partial charge in [0.05, 0.1) is 0 Å². The average Bonchev–Trinajstić information content (AvgIpc) is 2.68. The lowest BCUT2D eigenvalue weighted by atomic mass is 9.86. The second kappa shape index (κ2) is 7.42. The van der Waals surface area contributed by atoms with Gasteiger partial charge < -0.3 is 19.7 Å². The summed E-state index contributed by atoms with van der Waals surface area (Å²) in [6.45, 7) is 5.35. The van der Waals surface area contributed by atoms with Crippen molar-refractivity contribution in [1.29, 1.82) is 0 Å². The van der Waals surface area contributed by atoms with Gasteiger partial charge in [-0.2, -0.15) is 0 Å². The van der Waals surface area contributed by atoms with Crippen LogP contribution >= 0.6 is 0 Å². The van der Waals surface area contributed by atoms with E-state index in [1.54, 1.807) is 0 Å². The predicted molar refractivity (Wildman–Crippen MR) is 90.1 cm³/mol. The number of ether oxygens (including phenoxy) is 2. The number of carbonyl (C=O) groups excluding carboxylic acids is 2. The van der Waals surface area contributed by atoms with Gasteiger partial charge in [-0.25, -0.2) is 9.59 Å². The summed E-state index contributed by atoms with van der Waals surface area (Å²) in [5.41, 5.74) is 0. The minimum atomic E-state index is -1.90. The summed E-state index contributed by atoms with van der Waals surface area (Å²) in [6.07, 6.45) is -0.472. The molecule has 4 bridgehead atoms. The van der Waals surface area contributed by atoms with Crippen molar-refractivity contribution in [3.05, 3.63) is 0 Å². The molecule has 6 saturated heterocycles. The topological polar surface area (TPSA) is 99.5 Å². The molecule has 6 aliphatic rings. The molecule has 146 valence electrons. The zero-order valence-corrected chi connectivity index (χ0v) is 15.0. The summed E-state index contributed by atoms with van der Waals surface area (Å²) in [5, 5.41) is 20.1. The van der Waals surface area contributed by atoms with E-state index < -0.39 is 24.1 Å². The third kappa shape index (κ3) is 3.60. The van der Waals surface area contributed by atoms with E-state index >= 15 is 0 Å². The van der Waals surface area contributed by atoms with Crippen LogP contribution in [0.15, 0.2) is 0 Å². The van der Waals surface area contributed by atoms with E-state index in [2.05, 4.69) is 9.80 Å². The Balaban J connectivity index is 1.28. The zero-order chi connectivity index (χ0) is 18.3. The fourth-order valence-electron chi connectivity index (χ4n) is 4.78. The van der Waals surface area contributed by atoms with Crippen molar-refractivity contribution in [3.8, 4) is 0 Å². The van der Waals surface area contributed by atoms with Crippen LogP contribution in [0.25, 0.3) is 0 Å². The van der Waals surface area contributed by atoms with E-state index in [1.807, 2.05) is 0 Å². The first kappa shape index (κ1) is 18.2. The Morgan fingerprint density at radius 3 is 1.35 bits per heavy atom. The largest absolute Gasteiger partial charge is 0.459 e. The Labute approximate surface area is 153 Å². The van der Waals surface area contributed by atoms with Gasteiger partial charge in [0.1, 0.15) is 12.2 Å². The number of esters is 2. The molecule has 6 heterocycles. The SMILES string of the molecule is O=C(OC1CN2CCC1CC2)C(O)C(O)C(=O)OC1CN2CCC1CC2. The molecule has 0 saturated carbocycles. The molecule has 4 atom stereocenters. The molecule has 6 aliphatic heterocycles. The number of fused-ring (bicyclic) bond motifs is 6. The Morgan fingerprint density at radius 1 is 0.731 bits per heavy atom. The Hall–Kier alpha value is -1.22. The van der Waals surface area contributed by atoms with Gasteiger partial charge in [0.25, 0.3) is 0 Å². The molecule has 0 radical (unpaired) electrons. The molecule has 8 nitrogen and oxygen atoms in total. The summed E-state index contributed by atoms with van der Waals surface area (Å²) in [5.74, 6) is -1.29. The first-order valence-electron chi connectivity index (χ1n) is 9.73. The maximum absolute atomic E-state index is 12.2. The van der Waals surface area contributed by atoms with E-state index in [4.69, 9.17) is 9.47 Å². The number of rotatable bonds is 5. The lowest BCUT2D eigenvalue weighted by molar-refractivity contribution is -0.187. The Bertz CT molecular complexity index is 494. The highest BCUT2D eigenvalue weighted by atomic mass is 16.6. The molecule has 6 rings (SSSR count). The van der Waals surface area contributed by atoms with Crippen molar-refractivity contribution < 1.29 is 29.3 Å². The summed E-state index contributed by atoms with van der Waals surface area (Å²) in [7, 11) is 0. The number of piperidine rings is 6. The number of hydrogen-bond donors (Lipinski definition) is 2. The molecule has 6 fully saturated rings. The first-order chi connectivity index (χ1) is 12.5. The quantitative estimate of drug-likeness (QED) is 0.595. The van der Waals surface area contributed by atoms with Crippen LogP contribution in [-0.2, 0) is 19.1 Å². The van der Waals surface area contributed by atoms with Crippen molar-refractivity contribution in [2.24, 2.45) is 11.8 Å². The normalized spacial score (nSPS) is 40.7. The molecule has 0 aromatic carbocycles. The highest BCUT2D eigenvalue weighted by Gasteiger charge is 2.42. The molecular formula is C18H28N2O6. The standard InChI is InChI=1S/C18H28N2O6/c21-15(17(23)25-13-9-19-5-1-11(13)2-6-19)16(22)18(24)26-14-10-20-7-3-12(14)4-8-20/h11-16,21-22H,1-10H2. The minimum absolute atomic E-state index is 0.273. The second-order valence-corrected chi connectivity index (χ2v) is 8.12. The second-order valence-electron chi connectivity index (χ2n) is 8.12. The lowest BCUT2D eigenvalue weighted by Crippen LogP contribution is -2.55. The van der Waals surface area contributed by atoms with Crippen LogP contribution in [0.3, 0.4) is 0 Å². The molecule has 8 heteroatoms. The molecule has 4 unspecified atom stereocenters. The number of aliphatic hydroxyl groups excluding tert-OH is 2. The van der Waals surface area contributed by atoms with Crippen LogP contribution in [0.1, 0.15) is 25.7 Å². The van der Waals surface area contributed by atoms with Crippen LogP contribution < -0.4 is 0 Å². The zero-order valence-electron chi connectivity index (χ0n) is 15.0. The number of carbonyl (C=O) groups is 2. The summed E-state index contributed by atoms with van der Waals surface area (Å²) in [6, 6.07) is 0. The van der Waals surface area contributed by atoms with E-state index in [0.717, 1.165) is 51.9 Å². The highest BCUT2D eigenvalue weighted by Crippen LogP contribution is 2.31. The number of aliphatic hydroxyl groups is 2. The fourth-order valence-corrected chi connectivity index (χ4v) is 4.78. The van der Waals surface area contributed by atoms with E-state index in [-0.39, 0.29) is 12.2 Å². The van der Waals surface area contributed by atoms with Crippen LogP contribution in [0.5, 0.6) is 0 Å². The van der Waals surface area contributed by atoms with Crippen molar-refractivity contribution in [3.63, 3.8) is 0 Å². The molecule has 26 heavy (non-hydrogen) atoms. The van der Waals surface area contributed by atoms with E-state index in [1.165, 1.54) is 0 Å². The van der Waals surface area contributed by atoms with Gasteiger partial charge >= 0.3 is 11.9 Å². The monoisotopic (exact) mass is 368 g/mol. The van der Waals surface area contributed by atoms with Gasteiger partial charge in [-0.1, -0.05) is 0 Å². The number of hydrogen-bond acceptors (Lipinski definition) is 8. The fraction of sp³-hybridized carbons (Fsp3) is 0.889. The number of nitrogens with zero attached hydrogens (tertiary/aromatic N) is 2. The molecule has 0 aromatic rings.